The lowest BCUT2D eigenvalue weighted by molar-refractivity contribution is 0.332. The fourth-order valence-corrected chi connectivity index (χ4v) is 4.98. The van der Waals surface area contributed by atoms with Crippen LogP contribution in [-0.4, -0.2) is 59.1 Å². The molecule has 2 N–H and O–H groups in total. The summed E-state index contributed by atoms with van der Waals surface area (Å²) in [4.78, 5) is 15.4. The van der Waals surface area contributed by atoms with Crippen LogP contribution in [0, 0.1) is 6.92 Å². The van der Waals surface area contributed by atoms with Gasteiger partial charge in [0.15, 0.2) is 0 Å². The second kappa shape index (κ2) is 6.17. The molecule has 0 spiro atoms. The SMILES string of the molecule is Cc1nc(N)nc(N2C3CCC2CN(S(C)(=O)=O)C3)c1-c1cccnc1. The minimum Gasteiger partial charge on any atom is -0.368 e. The summed E-state index contributed by atoms with van der Waals surface area (Å²) in [6.07, 6.45) is 6.67. The Kier molecular flexibility index (Phi) is 4.07. The highest BCUT2D eigenvalue weighted by atomic mass is 32.2. The minimum absolute atomic E-state index is 0.0904. The van der Waals surface area contributed by atoms with E-state index in [1.165, 1.54) is 6.26 Å². The number of rotatable bonds is 3. The molecule has 0 radical (unpaired) electrons. The highest BCUT2D eigenvalue weighted by molar-refractivity contribution is 7.88. The van der Waals surface area contributed by atoms with Gasteiger partial charge in [0.25, 0.3) is 0 Å². The van der Waals surface area contributed by atoms with Gasteiger partial charge >= 0.3 is 0 Å². The Morgan fingerprint density at radius 3 is 2.46 bits per heavy atom. The van der Waals surface area contributed by atoms with Gasteiger partial charge in [-0.15, -0.1) is 0 Å². The second-order valence-electron chi connectivity index (χ2n) is 6.98. The molecule has 2 aliphatic heterocycles. The van der Waals surface area contributed by atoms with Crippen molar-refractivity contribution in [3.8, 4) is 11.1 Å². The highest BCUT2D eigenvalue weighted by Gasteiger charge is 2.44. The Labute approximate surface area is 153 Å². The van der Waals surface area contributed by atoms with E-state index in [0.717, 1.165) is 35.5 Å². The van der Waals surface area contributed by atoms with Crippen LogP contribution in [0.15, 0.2) is 24.5 Å². The largest absolute Gasteiger partial charge is 0.368 e. The lowest BCUT2D eigenvalue weighted by Gasteiger charge is -2.41. The molecule has 26 heavy (non-hydrogen) atoms. The van der Waals surface area contributed by atoms with Crippen LogP contribution in [0.2, 0.25) is 0 Å². The first-order valence-electron chi connectivity index (χ1n) is 8.62. The van der Waals surface area contributed by atoms with Gasteiger partial charge in [-0.05, 0) is 25.8 Å². The quantitative estimate of drug-likeness (QED) is 0.856. The van der Waals surface area contributed by atoms with Crippen LogP contribution in [0.25, 0.3) is 11.1 Å². The molecular weight excluding hydrogens is 352 g/mol. The fourth-order valence-electron chi connectivity index (χ4n) is 4.10. The molecule has 0 saturated carbocycles. The van der Waals surface area contributed by atoms with Gasteiger partial charge in [-0.3, -0.25) is 4.98 Å². The Balaban J connectivity index is 1.80. The average molecular weight is 374 g/mol. The number of aromatic nitrogens is 3. The fraction of sp³-hybridized carbons (Fsp3) is 0.471. The predicted molar refractivity (Wildman–Crippen MR) is 100 cm³/mol. The number of piperazine rings is 1. The van der Waals surface area contributed by atoms with Crippen LogP contribution < -0.4 is 10.6 Å². The molecule has 4 rings (SSSR count). The second-order valence-corrected chi connectivity index (χ2v) is 8.96. The molecule has 0 aliphatic carbocycles. The zero-order chi connectivity index (χ0) is 18.5. The summed E-state index contributed by atoms with van der Waals surface area (Å²) >= 11 is 0. The number of hydrogen-bond donors (Lipinski definition) is 1. The van der Waals surface area contributed by atoms with Gasteiger partial charge in [-0.1, -0.05) is 6.07 Å². The van der Waals surface area contributed by atoms with E-state index in [1.54, 1.807) is 16.7 Å². The van der Waals surface area contributed by atoms with Crippen LogP contribution >= 0.6 is 0 Å². The Morgan fingerprint density at radius 2 is 1.88 bits per heavy atom. The van der Waals surface area contributed by atoms with Crippen molar-refractivity contribution < 1.29 is 8.42 Å². The van der Waals surface area contributed by atoms with Gasteiger partial charge in [0.05, 0.1) is 11.9 Å². The molecule has 9 heteroatoms. The lowest BCUT2D eigenvalue weighted by Crippen LogP contribution is -2.55. The molecule has 2 aromatic rings. The van der Waals surface area contributed by atoms with Crippen molar-refractivity contribution in [2.45, 2.75) is 31.8 Å². The van der Waals surface area contributed by atoms with Crippen molar-refractivity contribution in [1.82, 2.24) is 19.3 Å². The van der Waals surface area contributed by atoms with Crippen LogP contribution in [-0.2, 0) is 10.0 Å². The van der Waals surface area contributed by atoms with Crippen LogP contribution in [0.1, 0.15) is 18.5 Å². The molecule has 8 nitrogen and oxygen atoms in total. The van der Waals surface area contributed by atoms with Crippen molar-refractivity contribution in [3.05, 3.63) is 30.2 Å². The van der Waals surface area contributed by atoms with E-state index in [2.05, 4.69) is 19.9 Å². The molecule has 2 unspecified atom stereocenters. The molecular formula is C17H22N6O2S. The predicted octanol–water partition coefficient (Wildman–Crippen LogP) is 1.04. The number of aryl methyl sites for hydroxylation is 1. The van der Waals surface area contributed by atoms with E-state index in [0.29, 0.717) is 13.1 Å². The number of fused-ring (bicyclic) bond motifs is 2. The van der Waals surface area contributed by atoms with Gasteiger partial charge < -0.3 is 10.6 Å². The summed E-state index contributed by atoms with van der Waals surface area (Å²) in [5, 5.41) is 0. The lowest BCUT2D eigenvalue weighted by atomic mass is 10.0. The number of hydrogen-bond acceptors (Lipinski definition) is 7. The zero-order valence-corrected chi connectivity index (χ0v) is 15.6. The molecule has 2 aliphatic rings. The topological polar surface area (TPSA) is 105 Å². The van der Waals surface area contributed by atoms with Gasteiger partial charge in [-0.25, -0.2) is 13.4 Å². The number of pyridine rings is 1. The van der Waals surface area contributed by atoms with Crippen molar-refractivity contribution in [2.24, 2.45) is 0 Å². The summed E-state index contributed by atoms with van der Waals surface area (Å²) in [6, 6.07) is 4.04. The maximum atomic E-state index is 12.0. The van der Waals surface area contributed by atoms with E-state index in [9.17, 15) is 8.42 Å². The summed E-state index contributed by atoms with van der Waals surface area (Å²) in [6.45, 7) is 2.87. The standard InChI is InChI=1S/C17H22N6O2S/c1-11-15(12-4-3-7-19-8-12)16(21-17(18)20-11)23-13-5-6-14(23)10-22(9-13)26(2,24)25/h3-4,7-8,13-14H,5-6,9-10H2,1-2H3,(H2,18,20,21). The summed E-state index contributed by atoms with van der Waals surface area (Å²) in [5.41, 5.74) is 8.60. The maximum absolute atomic E-state index is 12.0. The summed E-state index contributed by atoms with van der Waals surface area (Å²) in [7, 11) is -3.20. The molecule has 0 amide bonds. The number of sulfonamides is 1. The van der Waals surface area contributed by atoms with Crippen molar-refractivity contribution in [1.29, 1.82) is 0 Å². The first-order chi connectivity index (χ1) is 12.3. The van der Waals surface area contributed by atoms with Crippen molar-refractivity contribution in [3.63, 3.8) is 0 Å². The third kappa shape index (κ3) is 2.90. The third-order valence-electron chi connectivity index (χ3n) is 5.20. The van der Waals surface area contributed by atoms with Crippen molar-refractivity contribution >= 4 is 21.8 Å². The average Bonchev–Trinajstić information content (AvgIpc) is 2.83. The van der Waals surface area contributed by atoms with E-state index >= 15 is 0 Å². The van der Waals surface area contributed by atoms with Crippen LogP contribution in [0.5, 0.6) is 0 Å². The van der Waals surface area contributed by atoms with E-state index in [4.69, 9.17) is 5.73 Å². The van der Waals surface area contributed by atoms with Gasteiger partial charge in [-0.2, -0.15) is 9.29 Å². The first kappa shape index (κ1) is 17.2. The van der Waals surface area contributed by atoms with E-state index in [-0.39, 0.29) is 18.0 Å². The van der Waals surface area contributed by atoms with Crippen LogP contribution in [0.3, 0.4) is 0 Å². The van der Waals surface area contributed by atoms with Crippen molar-refractivity contribution in [2.75, 3.05) is 30.0 Å². The molecule has 2 aromatic heterocycles. The molecule has 0 aromatic carbocycles. The third-order valence-corrected chi connectivity index (χ3v) is 6.44. The van der Waals surface area contributed by atoms with E-state index in [1.807, 2.05) is 19.1 Å². The number of nitrogens with two attached hydrogens (primary N) is 1. The van der Waals surface area contributed by atoms with E-state index < -0.39 is 10.0 Å². The van der Waals surface area contributed by atoms with Gasteiger partial charge in [0, 0.05) is 48.7 Å². The molecule has 2 bridgehead atoms. The first-order valence-corrected chi connectivity index (χ1v) is 10.5. The molecule has 138 valence electrons. The normalized spacial score (nSPS) is 23.4. The molecule has 2 saturated heterocycles. The minimum atomic E-state index is -3.20. The monoisotopic (exact) mass is 374 g/mol. The number of anilines is 2. The molecule has 2 atom stereocenters. The Hall–Kier alpha value is -2.26. The molecule has 2 fully saturated rings. The zero-order valence-electron chi connectivity index (χ0n) is 14.8. The van der Waals surface area contributed by atoms with Gasteiger partial charge in [0.1, 0.15) is 5.82 Å². The van der Waals surface area contributed by atoms with Crippen LogP contribution in [0.4, 0.5) is 11.8 Å². The smallest absolute Gasteiger partial charge is 0.222 e. The number of nitrogen functional groups attached to an aromatic ring is 1. The summed E-state index contributed by atoms with van der Waals surface area (Å²) < 4.78 is 25.6. The maximum Gasteiger partial charge on any atom is 0.222 e. The summed E-state index contributed by atoms with van der Waals surface area (Å²) in [5.74, 6) is 1.01. The Bertz CT molecular complexity index is 920. The highest BCUT2D eigenvalue weighted by Crippen LogP contribution is 2.40. The van der Waals surface area contributed by atoms with Gasteiger partial charge in [0.2, 0.25) is 16.0 Å². The molecule has 4 heterocycles. The Morgan fingerprint density at radius 1 is 1.19 bits per heavy atom. The number of nitrogens with zero attached hydrogens (tertiary/aromatic N) is 5.